The standard InChI is InChI=1S/C27H33FN8O4/c1-4-21-27(40-22-14-17(6-7-20(22)28)31-23(37)5-2)34-26(24(33-21)25(29)38)32-18-15-30-36(16-18)19-8-10-35(11-9-19)12-13-39-3/h5-7,14-16,19H,2,4,8-13H2,1,3H3,(H2,29,38)(H,31,37)(H,32,34). The molecule has 212 valence electrons. The Morgan fingerprint density at radius 2 is 2.02 bits per heavy atom. The predicted molar refractivity (Wildman–Crippen MR) is 147 cm³/mol. The van der Waals surface area contributed by atoms with Crippen molar-refractivity contribution in [1.29, 1.82) is 0 Å². The third-order valence-corrected chi connectivity index (χ3v) is 6.50. The molecule has 2 amide bonds. The summed E-state index contributed by atoms with van der Waals surface area (Å²) in [5, 5.41) is 10.1. The lowest BCUT2D eigenvalue weighted by atomic mass is 10.1. The molecule has 1 aromatic carbocycles. The van der Waals surface area contributed by atoms with Crippen LogP contribution in [-0.2, 0) is 16.0 Å². The molecular weight excluding hydrogens is 519 g/mol. The molecule has 0 saturated carbocycles. The number of rotatable bonds is 12. The highest BCUT2D eigenvalue weighted by Crippen LogP contribution is 2.31. The van der Waals surface area contributed by atoms with Gasteiger partial charge in [0.25, 0.3) is 5.91 Å². The van der Waals surface area contributed by atoms with E-state index in [1.54, 1.807) is 20.2 Å². The number of halogens is 1. The molecule has 0 aliphatic carbocycles. The van der Waals surface area contributed by atoms with Crippen molar-refractivity contribution in [3.8, 4) is 11.6 Å². The molecule has 1 fully saturated rings. The molecule has 0 unspecified atom stereocenters. The first-order chi connectivity index (χ1) is 19.3. The number of hydrogen-bond acceptors (Lipinski definition) is 9. The summed E-state index contributed by atoms with van der Waals surface area (Å²) in [6.45, 7) is 8.69. The Hall–Kier alpha value is -4.36. The normalized spacial score (nSPS) is 14.1. The van der Waals surface area contributed by atoms with Gasteiger partial charge < -0.3 is 30.7 Å². The van der Waals surface area contributed by atoms with Gasteiger partial charge in [0.15, 0.2) is 23.1 Å². The molecule has 0 bridgehead atoms. The highest BCUT2D eigenvalue weighted by atomic mass is 19.1. The number of methoxy groups -OCH3 is 1. The van der Waals surface area contributed by atoms with Crippen LogP contribution in [0.1, 0.15) is 42.0 Å². The third kappa shape index (κ3) is 6.98. The second kappa shape index (κ2) is 13.1. The third-order valence-electron chi connectivity index (χ3n) is 6.50. The highest BCUT2D eigenvalue weighted by molar-refractivity contribution is 5.99. The van der Waals surface area contributed by atoms with Crippen LogP contribution >= 0.6 is 0 Å². The Balaban J connectivity index is 1.56. The van der Waals surface area contributed by atoms with Crippen LogP contribution in [0.2, 0.25) is 0 Å². The lowest BCUT2D eigenvalue weighted by Crippen LogP contribution is -2.36. The fraction of sp³-hybridized carbons (Fsp3) is 0.370. The quantitative estimate of drug-likeness (QED) is 0.287. The van der Waals surface area contributed by atoms with Crippen molar-refractivity contribution in [3.63, 3.8) is 0 Å². The van der Waals surface area contributed by atoms with Gasteiger partial charge >= 0.3 is 0 Å². The van der Waals surface area contributed by atoms with E-state index in [0.717, 1.165) is 44.6 Å². The maximum atomic E-state index is 14.6. The molecule has 4 rings (SSSR count). The molecule has 1 saturated heterocycles. The number of primary amides is 1. The fourth-order valence-corrected chi connectivity index (χ4v) is 4.35. The van der Waals surface area contributed by atoms with Crippen molar-refractivity contribution in [2.24, 2.45) is 5.73 Å². The Bertz CT molecular complexity index is 1370. The van der Waals surface area contributed by atoms with E-state index in [4.69, 9.17) is 15.2 Å². The Morgan fingerprint density at radius 3 is 2.70 bits per heavy atom. The van der Waals surface area contributed by atoms with Crippen LogP contribution in [0.15, 0.2) is 43.2 Å². The summed E-state index contributed by atoms with van der Waals surface area (Å²) >= 11 is 0. The number of ether oxygens (including phenoxy) is 2. The van der Waals surface area contributed by atoms with Gasteiger partial charge in [-0.15, -0.1) is 0 Å². The summed E-state index contributed by atoms with van der Waals surface area (Å²) in [5.41, 5.74) is 6.70. The Kier molecular flexibility index (Phi) is 9.40. The topological polar surface area (TPSA) is 150 Å². The molecule has 3 heterocycles. The number of piperidine rings is 1. The summed E-state index contributed by atoms with van der Waals surface area (Å²) in [6.07, 6.45) is 6.78. The van der Waals surface area contributed by atoms with Gasteiger partial charge in [-0.2, -0.15) is 10.1 Å². The number of aromatic nitrogens is 4. The van der Waals surface area contributed by atoms with Crippen molar-refractivity contribution >= 4 is 29.0 Å². The van der Waals surface area contributed by atoms with E-state index in [1.807, 2.05) is 10.9 Å². The maximum absolute atomic E-state index is 14.6. The number of amides is 2. The van der Waals surface area contributed by atoms with Crippen LogP contribution in [0.5, 0.6) is 11.6 Å². The van der Waals surface area contributed by atoms with E-state index in [-0.39, 0.29) is 29.2 Å². The van der Waals surface area contributed by atoms with Gasteiger partial charge in [0, 0.05) is 44.7 Å². The van der Waals surface area contributed by atoms with Gasteiger partial charge in [-0.1, -0.05) is 13.5 Å². The average molecular weight is 553 g/mol. The van der Waals surface area contributed by atoms with E-state index in [2.05, 4.69) is 37.2 Å². The van der Waals surface area contributed by atoms with Crippen LogP contribution in [0.3, 0.4) is 0 Å². The minimum atomic E-state index is -0.785. The van der Waals surface area contributed by atoms with E-state index >= 15 is 0 Å². The number of nitrogens with two attached hydrogens (primary N) is 1. The van der Waals surface area contributed by atoms with Gasteiger partial charge in [-0.3, -0.25) is 14.3 Å². The molecular formula is C27H33FN8O4. The second-order valence-corrected chi connectivity index (χ2v) is 9.23. The highest BCUT2D eigenvalue weighted by Gasteiger charge is 2.23. The summed E-state index contributed by atoms with van der Waals surface area (Å²) in [4.78, 5) is 35.0. The summed E-state index contributed by atoms with van der Waals surface area (Å²) in [7, 11) is 1.70. The van der Waals surface area contributed by atoms with Gasteiger partial charge in [0.1, 0.15) is 5.69 Å². The molecule has 3 aromatic rings. The zero-order valence-corrected chi connectivity index (χ0v) is 22.5. The predicted octanol–water partition coefficient (Wildman–Crippen LogP) is 3.42. The van der Waals surface area contributed by atoms with Crippen LogP contribution in [-0.4, -0.2) is 69.8 Å². The Morgan fingerprint density at radius 1 is 1.25 bits per heavy atom. The van der Waals surface area contributed by atoms with E-state index in [9.17, 15) is 14.0 Å². The SMILES string of the molecule is C=CC(=O)Nc1ccc(F)c(Oc2nc(Nc3cnn(C4CCN(CCOC)CC4)c3)c(C(N)=O)nc2CC)c1. The first-order valence-electron chi connectivity index (χ1n) is 12.9. The minimum Gasteiger partial charge on any atom is -0.434 e. The molecule has 40 heavy (non-hydrogen) atoms. The zero-order chi connectivity index (χ0) is 28.6. The molecule has 0 atom stereocenters. The van der Waals surface area contributed by atoms with Gasteiger partial charge in [-0.25, -0.2) is 9.37 Å². The largest absolute Gasteiger partial charge is 0.434 e. The van der Waals surface area contributed by atoms with Crippen molar-refractivity contribution in [1.82, 2.24) is 24.6 Å². The monoisotopic (exact) mass is 552 g/mol. The van der Waals surface area contributed by atoms with Crippen molar-refractivity contribution in [2.45, 2.75) is 32.2 Å². The van der Waals surface area contributed by atoms with Crippen molar-refractivity contribution < 1.29 is 23.5 Å². The fourth-order valence-electron chi connectivity index (χ4n) is 4.35. The first-order valence-corrected chi connectivity index (χ1v) is 12.9. The lowest BCUT2D eigenvalue weighted by Gasteiger charge is -2.31. The van der Waals surface area contributed by atoms with Gasteiger partial charge in [0.2, 0.25) is 11.8 Å². The maximum Gasteiger partial charge on any atom is 0.271 e. The molecule has 0 spiro atoms. The molecule has 2 aromatic heterocycles. The molecule has 13 heteroatoms. The number of carbonyl (C=O) groups is 2. The lowest BCUT2D eigenvalue weighted by molar-refractivity contribution is -0.111. The number of aryl methyl sites for hydroxylation is 1. The van der Waals surface area contributed by atoms with E-state index in [1.165, 1.54) is 12.1 Å². The number of benzene rings is 1. The van der Waals surface area contributed by atoms with Gasteiger partial charge in [0.05, 0.1) is 24.5 Å². The number of likely N-dealkylation sites (tertiary alicyclic amines) is 1. The number of hydrogen-bond donors (Lipinski definition) is 3. The first kappa shape index (κ1) is 28.6. The van der Waals surface area contributed by atoms with Crippen molar-refractivity contribution in [3.05, 3.63) is 60.5 Å². The molecule has 1 aliphatic rings. The van der Waals surface area contributed by atoms with Gasteiger partial charge in [-0.05, 0) is 37.5 Å². The van der Waals surface area contributed by atoms with E-state index in [0.29, 0.717) is 30.1 Å². The summed E-state index contributed by atoms with van der Waals surface area (Å²) in [6, 6.07) is 4.09. The Labute approximate surface area is 231 Å². The van der Waals surface area contributed by atoms with Crippen LogP contribution in [0, 0.1) is 5.82 Å². The molecule has 1 aliphatic heterocycles. The summed E-state index contributed by atoms with van der Waals surface area (Å²) < 4.78 is 27.5. The summed E-state index contributed by atoms with van der Waals surface area (Å²) in [5.74, 6) is -2.08. The molecule has 0 radical (unpaired) electrons. The smallest absolute Gasteiger partial charge is 0.271 e. The molecule has 4 N–H and O–H groups in total. The van der Waals surface area contributed by atoms with Crippen molar-refractivity contribution in [2.75, 3.05) is 44.0 Å². The molecule has 12 nitrogen and oxygen atoms in total. The van der Waals surface area contributed by atoms with Crippen LogP contribution in [0.25, 0.3) is 0 Å². The van der Waals surface area contributed by atoms with Crippen LogP contribution in [0.4, 0.5) is 21.6 Å². The second-order valence-electron chi connectivity index (χ2n) is 9.23. The number of nitrogens with zero attached hydrogens (tertiary/aromatic N) is 5. The number of carbonyl (C=O) groups excluding carboxylic acids is 2. The van der Waals surface area contributed by atoms with Crippen LogP contribution < -0.4 is 21.1 Å². The number of nitrogens with one attached hydrogen (secondary N) is 2. The zero-order valence-electron chi connectivity index (χ0n) is 22.5. The average Bonchev–Trinajstić information content (AvgIpc) is 3.42. The minimum absolute atomic E-state index is 0.0167. The van der Waals surface area contributed by atoms with E-state index < -0.39 is 17.6 Å². The number of anilines is 3.